The normalized spacial score (nSPS) is 11.0. The molecule has 0 amide bonds. The van der Waals surface area contributed by atoms with Gasteiger partial charge in [-0.1, -0.05) is 13.8 Å². The molecule has 3 nitrogen and oxygen atoms in total. The van der Waals surface area contributed by atoms with Gasteiger partial charge in [-0.3, -0.25) is 0 Å². The van der Waals surface area contributed by atoms with Crippen LogP contribution >= 0.6 is 11.3 Å². The SMILES string of the molecule is CC(C)c1sccc1-n1nccn1. The first-order chi connectivity index (χ1) is 6.29. The van der Waals surface area contributed by atoms with Gasteiger partial charge < -0.3 is 0 Å². The Hall–Kier alpha value is -1.16. The van der Waals surface area contributed by atoms with Crippen molar-refractivity contribution in [3.05, 3.63) is 28.7 Å². The molecule has 0 aliphatic heterocycles. The molecule has 0 radical (unpaired) electrons. The van der Waals surface area contributed by atoms with Crippen LogP contribution < -0.4 is 0 Å². The standard InChI is InChI=1S/C9H11N3S/c1-7(2)9-8(3-6-13-9)12-10-4-5-11-12/h3-7H,1-2H3. The minimum absolute atomic E-state index is 0.529. The summed E-state index contributed by atoms with van der Waals surface area (Å²) in [6, 6.07) is 2.06. The van der Waals surface area contributed by atoms with E-state index in [1.807, 2.05) is 0 Å². The van der Waals surface area contributed by atoms with Crippen LogP contribution in [0.2, 0.25) is 0 Å². The highest BCUT2D eigenvalue weighted by molar-refractivity contribution is 7.10. The van der Waals surface area contributed by atoms with Crippen LogP contribution in [0.25, 0.3) is 5.69 Å². The molecule has 4 heteroatoms. The van der Waals surface area contributed by atoms with Gasteiger partial charge in [0.25, 0.3) is 0 Å². The van der Waals surface area contributed by atoms with Gasteiger partial charge in [-0.2, -0.15) is 15.0 Å². The van der Waals surface area contributed by atoms with E-state index < -0.39 is 0 Å². The summed E-state index contributed by atoms with van der Waals surface area (Å²) < 4.78 is 0. The summed E-state index contributed by atoms with van der Waals surface area (Å²) in [7, 11) is 0. The van der Waals surface area contributed by atoms with Crippen LogP contribution in [0.15, 0.2) is 23.8 Å². The molecule has 0 unspecified atom stereocenters. The first-order valence-corrected chi connectivity index (χ1v) is 5.11. The Morgan fingerprint density at radius 3 is 2.62 bits per heavy atom. The minimum Gasteiger partial charge on any atom is -0.157 e. The van der Waals surface area contributed by atoms with Gasteiger partial charge in [-0.15, -0.1) is 11.3 Å². The van der Waals surface area contributed by atoms with Crippen LogP contribution in [0.4, 0.5) is 0 Å². The summed E-state index contributed by atoms with van der Waals surface area (Å²) in [5.41, 5.74) is 1.10. The fourth-order valence-electron chi connectivity index (χ4n) is 1.25. The predicted molar refractivity (Wildman–Crippen MR) is 53.3 cm³/mol. The molecule has 0 aliphatic rings. The molecule has 0 saturated heterocycles. The third-order valence-corrected chi connectivity index (χ3v) is 3.04. The van der Waals surface area contributed by atoms with E-state index in [4.69, 9.17) is 0 Å². The van der Waals surface area contributed by atoms with Crippen molar-refractivity contribution in [2.24, 2.45) is 0 Å². The van der Waals surface area contributed by atoms with Gasteiger partial charge in [0.05, 0.1) is 18.1 Å². The van der Waals surface area contributed by atoms with Gasteiger partial charge in [0.15, 0.2) is 0 Å². The quantitative estimate of drug-likeness (QED) is 0.733. The van der Waals surface area contributed by atoms with Gasteiger partial charge in [-0.05, 0) is 17.4 Å². The number of hydrogen-bond acceptors (Lipinski definition) is 3. The zero-order valence-electron chi connectivity index (χ0n) is 7.64. The second-order valence-corrected chi connectivity index (χ2v) is 4.09. The highest BCUT2D eigenvalue weighted by Crippen LogP contribution is 2.27. The molecule has 2 aromatic rings. The fraction of sp³-hybridized carbons (Fsp3) is 0.333. The van der Waals surface area contributed by atoms with Crippen molar-refractivity contribution in [3.8, 4) is 5.69 Å². The van der Waals surface area contributed by atoms with Crippen LogP contribution in [0.5, 0.6) is 0 Å². The Bertz CT molecular complexity index is 375. The molecule has 2 aromatic heterocycles. The summed E-state index contributed by atoms with van der Waals surface area (Å²) in [6.07, 6.45) is 3.39. The highest BCUT2D eigenvalue weighted by Gasteiger charge is 2.10. The summed E-state index contributed by atoms with van der Waals surface area (Å²) in [5, 5.41) is 10.3. The van der Waals surface area contributed by atoms with Crippen LogP contribution in [0.3, 0.4) is 0 Å². The third-order valence-electron chi connectivity index (χ3n) is 1.83. The fourth-order valence-corrected chi connectivity index (χ4v) is 2.14. The van der Waals surface area contributed by atoms with E-state index in [0.717, 1.165) is 5.69 Å². The van der Waals surface area contributed by atoms with Crippen LogP contribution in [0.1, 0.15) is 24.6 Å². The lowest BCUT2D eigenvalue weighted by Gasteiger charge is -2.04. The highest BCUT2D eigenvalue weighted by atomic mass is 32.1. The maximum atomic E-state index is 4.11. The van der Waals surface area contributed by atoms with E-state index in [2.05, 4.69) is 35.5 Å². The molecule has 0 atom stereocenters. The summed E-state index contributed by atoms with van der Waals surface area (Å²) >= 11 is 1.76. The lowest BCUT2D eigenvalue weighted by atomic mass is 10.1. The molecule has 0 saturated carbocycles. The number of thiophene rings is 1. The Morgan fingerprint density at radius 1 is 1.31 bits per heavy atom. The van der Waals surface area contributed by atoms with Crippen molar-refractivity contribution < 1.29 is 0 Å². The maximum Gasteiger partial charge on any atom is 0.0997 e. The molecule has 0 fully saturated rings. The predicted octanol–water partition coefficient (Wildman–Crippen LogP) is 2.45. The molecule has 0 N–H and O–H groups in total. The topological polar surface area (TPSA) is 30.7 Å². The number of hydrogen-bond donors (Lipinski definition) is 0. The monoisotopic (exact) mass is 193 g/mol. The van der Waals surface area contributed by atoms with Crippen molar-refractivity contribution >= 4 is 11.3 Å². The van der Waals surface area contributed by atoms with Crippen molar-refractivity contribution in [1.29, 1.82) is 0 Å². The Labute approximate surface area is 81.0 Å². The Balaban J connectivity index is 2.46. The zero-order valence-corrected chi connectivity index (χ0v) is 8.45. The minimum atomic E-state index is 0.529. The van der Waals surface area contributed by atoms with E-state index in [-0.39, 0.29) is 0 Å². The molecule has 0 aromatic carbocycles. The molecule has 0 spiro atoms. The molecule has 0 bridgehead atoms. The molecule has 0 aliphatic carbocycles. The van der Waals surface area contributed by atoms with E-state index in [1.54, 1.807) is 28.5 Å². The average molecular weight is 193 g/mol. The van der Waals surface area contributed by atoms with Crippen LogP contribution in [0, 0.1) is 0 Å². The van der Waals surface area contributed by atoms with Crippen molar-refractivity contribution in [2.75, 3.05) is 0 Å². The molecular weight excluding hydrogens is 182 g/mol. The smallest absolute Gasteiger partial charge is 0.0997 e. The molecule has 13 heavy (non-hydrogen) atoms. The lowest BCUT2D eigenvalue weighted by molar-refractivity contribution is 0.735. The molecular formula is C9H11N3S. The first-order valence-electron chi connectivity index (χ1n) is 4.23. The Kier molecular flexibility index (Phi) is 2.14. The zero-order chi connectivity index (χ0) is 9.26. The molecule has 2 rings (SSSR count). The van der Waals surface area contributed by atoms with E-state index in [0.29, 0.717) is 5.92 Å². The lowest BCUT2D eigenvalue weighted by Crippen LogP contribution is -2.00. The van der Waals surface area contributed by atoms with E-state index in [9.17, 15) is 0 Å². The summed E-state index contributed by atoms with van der Waals surface area (Å²) in [6.45, 7) is 4.36. The average Bonchev–Trinajstić information content (AvgIpc) is 2.74. The van der Waals surface area contributed by atoms with E-state index >= 15 is 0 Å². The summed E-state index contributed by atoms with van der Waals surface area (Å²) in [5.74, 6) is 0.529. The molecule has 2 heterocycles. The van der Waals surface area contributed by atoms with Gasteiger partial charge in [0.1, 0.15) is 0 Å². The number of aromatic nitrogens is 3. The largest absolute Gasteiger partial charge is 0.157 e. The van der Waals surface area contributed by atoms with Gasteiger partial charge in [0.2, 0.25) is 0 Å². The van der Waals surface area contributed by atoms with Crippen LogP contribution in [-0.4, -0.2) is 15.0 Å². The third kappa shape index (κ3) is 1.49. The van der Waals surface area contributed by atoms with Gasteiger partial charge >= 0.3 is 0 Å². The number of nitrogens with zero attached hydrogens (tertiary/aromatic N) is 3. The summed E-state index contributed by atoms with van der Waals surface area (Å²) in [4.78, 5) is 3.00. The van der Waals surface area contributed by atoms with Crippen LogP contribution in [-0.2, 0) is 0 Å². The van der Waals surface area contributed by atoms with Gasteiger partial charge in [-0.25, -0.2) is 0 Å². The number of rotatable bonds is 2. The Morgan fingerprint density at radius 2 is 2.00 bits per heavy atom. The van der Waals surface area contributed by atoms with Crippen molar-refractivity contribution in [2.45, 2.75) is 19.8 Å². The molecule has 68 valence electrons. The second-order valence-electron chi connectivity index (χ2n) is 3.14. The first kappa shape index (κ1) is 8.44. The van der Waals surface area contributed by atoms with Crippen molar-refractivity contribution in [1.82, 2.24) is 15.0 Å². The van der Waals surface area contributed by atoms with E-state index in [1.165, 1.54) is 4.88 Å². The second kappa shape index (κ2) is 3.30. The van der Waals surface area contributed by atoms with Gasteiger partial charge in [0, 0.05) is 4.88 Å². The maximum absolute atomic E-state index is 4.11. The van der Waals surface area contributed by atoms with Crippen molar-refractivity contribution in [3.63, 3.8) is 0 Å².